The molecule has 2 aromatic heterocycles. The maximum absolute atomic E-state index is 12.9. The number of anilines is 3. The number of nitrogens with one attached hydrogen (secondary N) is 3. The van der Waals surface area contributed by atoms with Gasteiger partial charge in [-0.15, -0.1) is 0 Å². The number of carbonyl (C=O) groups is 1. The first-order chi connectivity index (χ1) is 15.6. The molecule has 3 aliphatic rings. The van der Waals surface area contributed by atoms with Crippen molar-refractivity contribution >= 4 is 29.4 Å². The molecule has 1 saturated carbocycles. The molecule has 0 bridgehead atoms. The molecule has 2 aromatic rings. The zero-order valence-corrected chi connectivity index (χ0v) is 18.8. The van der Waals surface area contributed by atoms with Crippen LogP contribution in [0.4, 0.5) is 17.3 Å². The predicted molar refractivity (Wildman–Crippen MR) is 128 cm³/mol. The average Bonchev–Trinajstić information content (AvgIpc) is 3.47. The fourth-order valence-electron chi connectivity index (χ4n) is 4.85. The molecule has 0 spiro atoms. The number of carbonyl (C=O) groups excluding carboxylic acids is 1. The van der Waals surface area contributed by atoms with Crippen molar-refractivity contribution < 1.29 is 4.79 Å². The van der Waals surface area contributed by atoms with Gasteiger partial charge in [-0.2, -0.15) is 0 Å². The van der Waals surface area contributed by atoms with Crippen LogP contribution in [0.1, 0.15) is 47.8 Å². The van der Waals surface area contributed by atoms with Gasteiger partial charge >= 0.3 is 0 Å². The highest BCUT2D eigenvalue weighted by Crippen LogP contribution is 2.37. The molecular formula is C23H32N8O. The molecule has 4 heterocycles. The second-order valence-electron chi connectivity index (χ2n) is 8.95. The van der Waals surface area contributed by atoms with E-state index in [0.29, 0.717) is 6.04 Å². The van der Waals surface area contributed by atoms with Gasteiger partial charge in [-0.3, -0.25) is 4.79 Å². The molecule has 0 radical (unpaired) electrons. The van der Waals surface area contributed by atoms with Crippen LogP contribution >= 0.6 is 0 Å². The summed E-state index contributed by atoms with van der Waals surface area (Å²) in [6.07, 6.45) is 8.04. The molecule has 170 valence electrons. The summed E-state index contributed by atoms with van der Waals surface area (Å²) in [5.41, 5.74) is 2.83. The molecule has 1 unspecified atom stereocenters. The highest BCUT2D eigenvalue weighted by Gasteiger charge is 2.30. The quantitative estimate of drug-likeness (QED) is 0.667. The third-order valence-electron chi connectivity index (χ3n) is 6.53. The van der Waals surface area contributed by atoms with Crippen LogP contribution in [-0.4, -0.2) is 73.1 Å². The Morgan fingerprint density at radius 2 is 1.97 bits per heavy atom. The first-order valence-electron chi connectivity index (χ1n) is 11.5. The van der Waals surface area contributed by atoms with Crippen molar-refractivity contribution in [3.05, 3.63) is 35.7 Å². The highest BCUT2D eigenvalue weighted by atomic mass is 16.2. The van der Waals surface area contributed by atoms with Gasteiger partial charge in [0.05, 0.1) is 11.9 Å². The lowest BCUT2D eigenvalue weighted by molar-refractivity contribution is 0.0815. The normalized spacial score (nSPS) is 20.7. The summed E-state index contributed by atoms with van der Waals surface area (Å²) >= 11 is 0. The van der Waals surface area contributed by atoms with Gasteiger partial charge in [0.1, 0.15) is 17.3 Å². The predicted octanol–water partition coefficient (Wildman–Crippen LogP) is 2.35. The first-order valence-corrected chi connectivity index (χ1v) is 11.5. The van der Waals surface area contributed by atoms with Crippen molar-refractivity contribution in [1.29, 1.82) is 0 Å². The number of hydrogen-bond acceptors (Lipinski definition) is 7. The molecule has 3 N–H and O–H groups in total. The zero-order valence-electron chi connectivity index (χ0n) is 18.8. The third-order valence-corrected chi connectivity index (χ3v) is 6.53. The summed E-state index contributed by atoms with van der Waals surface area (Å²) in [6.45, 7) is 4.00. The van der Waals surface area contributed by atoms with Gasteiger partial charge in [-0.25, -0.2) is 9.98 Å². The van der Waals surface area contributed by atoms with Crippen LogP contribution in [0.3, 0.4) is 0 Å². The lowest BCUT2D eigenvalue weighted by atomic mass is 10.2. The lowest BCUT2D eigenvalue weighted by Crippen LogP contribution is -2.43. The number of aliphatic imine (C=N–C) groups is 1. The van der Waals surface area contributed by atoms with E-state index in [-0.39, 0.29) is 12.2 Å². The monoisotopic (exact) mass is 436 g/mol. The van der Waals surface area contributed by atoms with Gasteiger partial charge in [0.2, 0.25) is 0 Å². The molecule has 1 aliphatic carbocycles. The van der Waals surface area contributed by atoms with Crippen molar-refractivity contribution in [3.8, 4) is 0 Å². The Morgan fingerprint density at radius 1 is 1.19 bits per heavy atom. The van der Waals surface area contributed by atoms with Gasteiger partial charge in [0.15, 0.2) is 6.29 Å². The largest absolute Gasteiger partial charge is 0.368 e. The number of nitrogens with zero attached hydrogens (tertiary/aromatic N) is 5. The zero-order chi connectivity index (χ0) is 22.1. The van der Waals surface area contributed by atoms with Gasteiger partial charge in [0, 0.05) is 58.1 Å². The van der Waals surface area contributed by atoms with Crippen LogP contribution in [0.5, 0.6) is 0 Å². The topological polar surface area (TPSA) is 89.8 Å². The van der Waals surface area contributed by atoms with Crippen LogP contribution < -0.4 is 20.9 Å². The van der Waals surface area contributed by atoms with Crippen molar-refractivity contribution in [2.75, 3.05) is 55.8 Å². The molecule has 1 atom stereocenters. The third kappa shape index (κ3) is 4.04. The standard InChI is InChI=1S/C23H32N8O/c1-29(2)22(32)19-13-16-14-26-23(28-21(16)31(19)17-5-3-4-6-17)27-20-8-7-18(15-25-20)30-11-9-24-10-12-30/h7-8,13-15,17,23-24,28H,3-6,9-12H2,1-2H3,(H,25,27). The molecule has 0 aromatic carbocycles. The summed E-state index contributed by atoms with van der Waals surface area (Å²) < 4.78 is 2.20. The number of piperazine rings is 1. The fourth-order valence-corrected chi connectivity index (χ4v) is 4.85. The highest BCUT2D eigenvalue weighted by molar-refractivity contribution is 5.99. The van der Waals surface area contributed by atoms with Crippen LogP contribution in [0.25, 0.3) is 0 Å². The minimum absolute atomic E-state index is 0.0242. The van der Waals surface area contributed by atoms with E-state index in [4.69, 9.17) is 0 Å². The molecule has 9 nitrogen and oxygen atoms in total. The Kier molecular flexibility index (Phi) is 5.73. The minimum Gasteiger partial charge on any atom is -0.368 e. The molecule has 5 rings (SSSR count). The van der Waals surface area contributed by atoms with E-state index in [1.165, 1.54) is 12.8 Å². The average molecular weight is 437 g/mol. The number of pyridine rings is 1. The number of amides is 1. The maximum Gasteiger partial charge on any atom is 0.270 e. The number of aromatic nitrogens is 2. The van der Waals surface area contributed by atoms with Gasteiger partial charge in [0.25, 0.3) is 5.91 Å². The molecule has 32 heavy (non-hydrogen) atoms. The Labute approximate surface area is 188 Å². The second-order valence-corrected chi connectivity index (χ2v) is 8.95. The Bertz CT molecular complexity index is 984. The van der Waals surface area contributed by atoms with Crippen molar-refractivity contribution in [2.45, 2.75) is 38.0 Å². The Morgan fingerprint density at radius 3 is 2.66 bits per heavy atom. The SMILES string of the molecule is CN(C)C(=O)c1cc2c(n1C1CCCC1)NC(Nc1ccc(N3CCNCC3)cn1)N=C2. The number of fused-ring (bicyclic) bond motifs is 1. The lowest BCUT2D eigenvalue weighted by Gasteiger charge is -2.29. The van der Waals surface area contributed by atoms with Gasteiger partial charge < -0.3 is 30.3 Å². The Balaban J connectivity index is 1.34. The minimum atomic E-state index is -0.336. The molecule has 2 fully saturated rings. The summed E-state index contributed by atoms with van der Waals surface area (Å²) in [5, 5.41) is 10.3. The van der Waals surface area contributed by atoms with Crippen LogP contribution in [0.15, 0.2) is 29.4 Å². The van der Waals surface area contributed by atoms with E-state index in [2.05, 4.69) is 41.5 Å². The van der Waals surface area contributed by atoms with E-state index < -0.39 is 0 Å². The number of rotatable bonds is 5. The molecular weight excluding hydrogens is 404 g/mol. The summed E-state index contributed by atoms with van der Waals surface area (Å²) in [6, 6.07) is 6.41. The smallest absolute Gasteiger partial charge is 0.270 e. The second kappa shape index (κ2) is 8.82. The molecule has 1 amide bonds. The Hall–Kier alpha value is -3.07. The van der Waals surface area contributed by atoms with Crippen LogP contribution in [-0.2, 0) is 0 Å². The summed E-state index contributed by atoms with van der Waals surface area (Å²) in [5.74, 6) is 1.76. The van der Waals surface area contributed by atoms with Crippen molar-refractivity contribution in [3.63, 3.8) is 0 Å². The van der Waals surface area contributed by atoms with Gasteiger partial charge in [-0.1, -0.05) is 12.8 Å². The summed E-state index contributed by atoms with van der Waals surface area (Å²) in [7, 11) is 3.60. The van der Waals surface area contributed by atoms with E-state index >= 15 is 0 Å². The summed E-state index contributed by atoms with van der Waals surface area (Å²) in [4.78, 5) is 26.1. The van der Waals surface area contributed by atoms with Crippen molar-refractivity contribution in [2.24, 2.45) is 4.99 Å². The van der Waals surface area contributed by atoms with Crippen LogP contribution in [0.2, 0.25) is 0 Å². The maximum atomic E-state index is 12.9. The van der Waals surface area contributed by atoms with E-state index in [1.807, 2.05) is 24.5 Å². The molecule has 1 saturated heterocycles. The van der Waals surface area contributed by atoms with E-state index in [1.54, 1.807) is 19.0 Å². The van der Waals surface area contributed by atoms with E-state index in [0.717, 1.165) is 67.6 Å². The molecule has 9 heteroatoms. The van der Waals surface area contributed by atoms with Crippen LogP contribution in [0, 0.1) is 0 Å². The number of hydrogen-bond donors (Lipinski definition) is 3. The van der Waals surface area contributed by atoms with Crippen molar-refractivity contribution in [1.82, 2.24) is 19.8 Å². The van der Waals surface area contributed by atoms with E-state index in [9.17, 15) is 4.79 Å². The first kappa shape index (κ1) is 20.8. The fraction of sp³-hybridized carbons (Fsp3) is 0.522. The van der Waals surface area contributed by atoms with Gasteiger partial charge in [-0.05, 0) is 31.0 Å². The molecule has 2 aliphatic heterocycles.